The third-order valence-electron chi connectivity index (χ3n) is 5.42. The molecule has 0 aliphatic carbocycles. The second-order valence-corrected chi connectivity index (χ2v) is 12.2. The van der Waals surface area contributed by atoms with E-state index in [0.29, 0.717) is 34.6 Å². The number of sulfonamides is 1. The van der Waals surface area contributed by atoms with E-state index in [2.05, 4.69) is 4.90 Å². The predicted octanol–water partition coefficient (Wildman–Crippen LogP) is 5.86. The Balaban J connectivity index is 1.74. The van der Waals surface area contributed by atoms with Crippen molar-refractivity contribution < 1.29 is 18.3 Å². The Morgan fingerprint density at radius 3 is 2.45 bits per heavy atom. The molecule has 1 fully saturated rings. The van der Waals surface area contributed by atoms with Gasteiger partial charge in [-0.15, -0.1) is 11.8 Å². The highest BCUT2D eigenvalue weighted by atomic mass is 35.5. The van der Waals surface area contributed by atoms with Crippen molar-refractivity contribution in [2.75, 3.05) is 23.3 Å². The Bertz CT molecular complexity index is 1080. The number of carbonyl (C=O) groups is 1. The maximum absolute atomic E-state index is 13.6. The van der Waals surface area contributed by atoms with Crippen molar-refractivity contribution >= 4 is 68.2 Å². The minimum Gasteiger partial charge on any atom is -0.480 e. The number of rotatable bonds is 10. The van der Waals surface area contributed by atoms with E-state index in [1.165, 1.54) is 40.3 Å². The molecule has 1 aliphatic heterocycles. The number of halogens is 3. The van der Waals surface area contributed by atoms with Gasteiger partial charge in [0.25, 0.3) is 10.0 Å². The van der Waals surface area contributed by atoms with Crippen molar-refractivity contribution in [1.29, 1.82) is 0 Å². The molecule has 1 heterocycles. The van der Waals surface area contributed by atoms with Gasteiger partial charge in [-0.3, -0.25) is 14.0 Å². The molecule has 6 nitrogen and oxygen atoms in total. The first-order valence-electron chi connectivity index (χ1n) is 10.4. The van der Waals surface area contributed by atoms with E-state index in [1.54, 1.807) is 18.2 Å². The lowest BCUT2D eigenvalue weighted by atomic mass is 10.1. The van der Waals surface area contributed by atoms with Crippen molar-refractivity contribution in [3.05, 3.63) is 57.5 Å². The van der Waals surface area contributed by atoms with Gasteiger partial charge in [-0.2, -0.15) is 0 Å². The van der Waals surface area contributed by atoms with Crippen molar-refractivity contribution in [1.82, 2.24) is 4.90 Å². The molecule has 33 heavy (non-hydrogen) atoms. The number of anilines is 1. The third-order valence-corrected chi connectivity index (χ3v) is 9.44. The monoisotopic (exact) mass is 550 g/mol. The Morgan fingerprint density at radius 1 is 1.15 bits per heavy atom. The van der Waals surface area contributed by atoms with E-state index >= 15 is 0 Å². The zero-order valence-corrected chi connectivity index (χ0v) is 21.9. The fourth-order valence-corrected chi connectivity index (χ4v) is 7.04. The molecule has 0 saturated carbocycles. The molecular weight excluding hydrogens is 527 g/mol. The number of nitrogens with zero attached hydrogens (tertiary/aromatic N) is 2. The van der Waals surface area contributed by atoms with Gasteiger partial charge in [-0.05, 0) is 68.8 Å². The lowest BCUT2D eigenvalue weighted by Gasteiger charge is -2.31. The van der Waals surface area contributed by atoms with Gasteiger partial charge in [0, 0.05) is 28.5 Å². The average molecular weight is 552 g/mol. The maximum Gasteiger partial charge on any atom is 0.317 e. The van der Waals surface area contributed by atoms with Crippen LogP contribution in [0.2, 0.25) is 15.1 Å². The summed E-state index contributed by atoms with van der Waals surface area (Å²) in [5.41, 5.74) is 0.326. The summed E-state index contributed by atoms with van der Waals surface area (Å²) in [6, 6.07) is 10.4. The van der Waals surface area contributed by atoms with Crippen LogP contribution in [0.4, 0.5) is 5.69 Å². The second kappa shape index (κ2) is 11.5. The number of benzene rings is 2. The van der Waals surface area contributed by atoms with Crippen LogP contribution in [0.3, 0.4) is 0 Å². The number of thioether (sulfide) groups is 1. The van der Waals surface area contributed by atoms with Crippen LogP contribution in [0.15, 0.2) is 47.4 Å². The molecule has 11 heteroatoms. The van der Waals surface area contributed by atoms with Crippen molar-refractivity contribution in [2.45, 2.75) is 42.4 Å². The molecule has 1 N–H and O–H groups in total. The number of carboxylic acids is 1. The summed E-state index contributed by atoms with van der Waals surface area (Å²) in [6.45, 7) is 3.15. The van der Waals surface area contributed by atoms with Gasteiger partial charge >= 0.3 is 5.97 Å². The van der Waals surface area contributed by atoms with Gasteiger partial charge in [-0.25, -0.2) is 8.42 Å². The molecule has 1 aliphatic rings. The average Bonchev–Trinajstić information content (AvgIpc) is 3.23. The molecular formula is C22H25Cl3N2O4S2. The largest absolute Gasteiger partial charge is 0.480 e. The van der Waals surface area contributed by atoms with Gasteiger partial charge in [-0.1, -0.05) is 41.2 Å². The summed E-state index contributed by atoms with van der Waals surface area (Å²) in [4.78, 5) is 13.3. The summed E-state index contributed by atoms with van der Waals surface area (Å²) >= 11 is 19.9. The van der Waals surface area contributed by atoms with Crippen LogP contribution in [-0.4, -0.2) is 54.7 Å². The van der Waals surface area contributed by atoms with E-state index in [4.69, 9.17) is 39.9 Å². The smallest absolute Gasteiger partial charge is 0.317 e. The normalized spacial score (nSPS) is 17.8. The van der Waals surface area contributed by atoms with E-state index < -0.39 is 16.0 Å². The zero-order valence-electron chi connectivity index (χ0n) is 18.0. The summed E-state index contributed by atoms with van der Waals surface area (Å²) in [5, 5.41) is 9.87. The molecule has 180 valence electrons. The summed E-state index contributed by atoms with van der Waals surface area (Å²) < 4.78 is 28.5. The minimum atomic E-state index is -3.93. The lowest BCUT2D eigenvalue weighted by molar-refractivity contribution is -0.136. The van der Waals surface area contributed by atoms with Crippen LogP contribution < -0.4 is 4.31 Å². The second-order valence-electron chi connectivity index (χ2n) is 7.89. The third kappa shape index (κ3) is 6.71. The van der Waals surface area contributed by atoms with Crippen LogP contribution in [-0.2, 0) is 14.8 Å². The Hall–Kier alpha value is -1.16. The number of hydrogen-bond acceptors (Lipinski definition) is 5. The van der Waals surface area contributed by atoms with Crippen LogP contribution in [0.1, 0.15) is 26.2 Å². The molecule has 0 bridgehead atoms. The fourth-order valence-electron chi connectivity index (χ4n) is 3.71. The van der Waals surface area contributed by atoms with E-state index in [-0.39, 0.29) is 21.2 Å². The lowest BCUT2D eigenvalue weighted by Crippen LogP contribution is -2.39. The Morgan fingerprint density at radius 2 is 1.82 bits per heavy atom. The molecule has 1 saturated heterocycles. The van der Waals surface area contributed by atoms with Crippen molar-refractivity contribution in [2.24, 2.45) is 0 Å². The predicted molar refractivity (Wildman–Crippen MR) is 136 cm³/mol. The van der Waals surface area contributed by atoms with E-state index in [9.17, 15) is 13.2 Å². The van der Waals surface area contributed by atoms with Crippen LogP contribution in [0.5, 0.6) is 0 Å². The number of unbranched alkanes of at least 4 members (excludes halogenated alkanes) is 1. The quantitative estimate of drug-likeness (QED) is 0.373. The molecule has 1 unspecified atom stereocenters. The molecule has 2 aromatic carbocycles. The Labute approximate surface area is 213 Å². The number of aliphatic carboxylic acids is 1. The van der Waals surface area contributed by atoms with Gasteiger partial charge in [0.05, 0.1) is 15.6 Å². The molecule has 2 aromatic rings. The molecule has 0 radical (unpaired) electrons. The number of carboxylic acid groups (broad SMARTS) is 1. The van der Waals surface area contributed by atoms with Gasteiger partial charge in [0.2, 0.25) is 0 Å². The van der Waals surface area contributed by atoms with Gasteiger partial charge < -0.3 is 5.11 Å². The van der Waals surface area contributed by atoms with Gasteiger partial charge in [0.1, 0.15) is 5.25 Å². The van der Waals surface area contributed by atoms with E-state index in [0.717, 1.165) is 19.4 Å². The Kier molecular flexibility index (Phi) is 9.23. The molecule has 0 aromatic heterocycles. The highest BCUT2D eigenvalue weighted by Crippen LogP contribution is 2.36. The van der Waals surface area contributed by atoms with Crippen LogP contribution in [0.25, 0.3) is 0 Å². The van der Waals surface area contributed by atoms with Crippen LogP contribution >= 0.6 is 46.6 Å². The van der Waals surface area contributed by atoms with Crippen molar-refractivity contribution in [3.8, 4) is 0 Å². The summed E-state index contributed by atoms with van der Waals surface area (Å²) in [6.07, 6.45) is 2.19. The first kappa shape index (κ1) is 26.4. The molecule has 0 spiro atoms. The molecule has 2 atom stereocenters. The SMILES string of the molecule is C[C@H](CCCCN1CSC(C(=O)O)C1)N(c1cc(Cl)ccc1Cl)S(=O)(=O)c1ccc(Cl)cc1. The summed E-state index contributed by atoms with van der Waals surface area (Å²) in [7, 11) is -3.93. The fraction of sp³-hybridized carbons (Fsp3) is 0.409. The molecule has 0 amide bonds. The highest BCUT2D eigenvalue weighted by molar-refractivity contribution is 8.00. The van der Waals surface area contributed by atoms with Crippen LogP contribution in [0, 0.1) is 0 Å². The first-order valence-corrected chi connectivity index (χ1v) is 14.0. The number of hydrogen-bond donors (Lipinski definition) is 1. The maximum atomic E-state index is 13.6. The molecule has 3 rings (SSSR count). The van der Waals surface area contributed by atoms with E-state index in [1.807, 2.05) is 6.92 Å². The summed E-state index contributed by atoms with van der Waals surface area (Å²) in [5.74, 6) is -0.0839. The zero-order chi connectivity index (χ0) is 24.2. The topological polar surface area (TPSA) is 77.9 Å². The standard InChI is InChI=1S/C22H25Cl3N2O4S2/c1-15(4-2-3-11-26-13-21(22(28)29)32-14-26)27(20-12-17(24)7-10-19(20)25)33(30,31)18-8-5-16(23)6-9-18/h5-10,12,15,21H,2-4,11,13-14H2,1H3,(H,28,29)/t15-,21?/m1/s1. The van der Waals surface area contributed by atoms with Gasteiger partial charge in [0.15, 0.2) is 0 Å². The van der Waals surface area contributed by atoms with Crippen molar-refractivity contribution in [3.63, 3.8) is 0 Å². The minimum absolute atomic E-state index is 0.114. The first-order chi connectivity index (χ1) is 15.6. The highest BCUT2D eigenvalue weighted by Gasteiger charge is 2.31.